The van der Waals surface area contributed by atoms with Gasteiger partial charge in [-0.1, -0.05) is 44.2 Å². The molecule has 0 aliphatic rings. The van der Waals surface area contributed by atoms with Crippen LogP contribution in [0.15, 0.2) is 30.3 Å². The van der Waals surface area contributed by atoms with E-state index in [0.29, 0.717) is 0 Å². The van der Waals surface area contributed by atoms with E-state index < -0.39 is 0 Å². The van der Waals surface area contributed by atoms with E-state index in [1.807, 2.05) is 74.0 Å². The second kappa shape index (κ2) is 6.96. The highest BCUT2D eigenvalue weighted by molar-refractivity contribution is 14.1. The number of carbonyl (C=O) groups excluding carboxylic acids is 1. The van der Waals surface area contributed by atoms with Crippen molar-refractivity contribution in [3.8, 4) is 0 Å². The molecule has 0 saturated carbocycles. The number of rotatable bonds is 5. The van der Waals surface area contributed by atoms with E-state index in [9.17, 15) is 4.79 Å². The Morgan fingerprint density at radius 2 is 1.76 bits per heavy atom. The molecule has 0 bridgehead atoms. The number of hydrogen-bond acceptors (Lipinski definition) is 2. The van der Waals surface area contributed by atoms with E-state index in [1.165, 1.54) is 0 Å². The number of amides is 1. The summed E-state index contributed by atoms with van der Waals surface area (Å²) in [5.74, 6) is 0.320. The van der Waals surface area contributed by atoms with Crippen LogP contribution in [0.5, 0.6) is 0 Å². The van der Waals surface area contributed by atoms with Gasteiger partial charge in [0, 0.05) is 22.9 Å². The Balaban J connectivity index is 2.63. The Bertz CT molecular complexity index is 354. The molecule has 0 aliphatic heterocycles. The molecular formula is C13H19IN2O. The summed E-state index contributed by atoms with van der Waals surface area (Å²) in [6.07, 6.45) is 0. The van der Waals surface area contributed by atoms with Gasteiger partial charge in [-0.15, -0.1) is 0 Å². The summed E-state index contributed by atoms with van der Waals surface area (Å²) in [4.78, 5) is 12.0. The Labute approximate surface area is 117 Å². The molecule has 1 aromatic carbocycles. The van der Waals surface area contributed by atoms with Crippen molar-refractivity contribution in [3.05, 3.63) is 35.9 Å². The predicted molar refractivity (Wildman–Crippen MR) is 78.8 cm³/mol. The van der Waals surface area contributed by atoms with Crippen LogP contribution in [0.3, 0.4) is 0 Å². The highest BCUT2D eigenvalue weighted by atomic mass is 127. The van der Waals surface area contributed by atoms with Crippen molar-refractivity contribution >= 4 is 28.8 Å². The first-order valence-corrected chi connectivity index (χ1v) is 6.85. The maximum Gasteiger partial charge on any atom is 0.238 e. The first-order valence-electron chi connectivity index (χ1n) is 5.77. The van der Waals surface area contributed by atoms with Crippen LogP contribution in [0.4, 0.5) is 0 Å². The highest BCUT2D eigenvalue weighted by Gasteiger charge is 2.22. The van der Waals surface area contributed by atoms with E-state index in [1.54, 1.807) is 0 Å². The van der Waals surface area contributed by atoms with Crippen LogP contribution in [-0.4, -0.2) is 11.9 Å². The first-order chi connectivity index (χ1) is 8.06. The molecule has 2 N–H and O–H groups in total. The lowest BCUT2D eigenvalue weighted by atomic mass is 10.0. The fourth-order valence-corrected chi connectivity index (χ4v) is 2.61. The van der Waals surface area contributed by atoms with Crippen LogP contribution < -0.4 is 8.85 Å². The molecule has 0 aliphatic carbocycles. The van der Waals surface area contributed by atoms with E-state index in [-0.39, 0.29) is 23.9 Å². The number of nitrogens with one attached hydrogen (secondary N) is 2. The molecule has 0 saturated heterocycles. The number of carbonyl (C=O) groups is 1. The van der Waals surface area contributed by atoms with Crippen LogP contribution >= 0.6 is 22.9 Å². The molecule has 0 aromatic heterocycles. The van der Waals surface area contributed by atoms with Gasteiger partial charge in [-0.25, -0.2) is 3.53 Å². The predicted octanol–water partition coefficient (Wildman–Crippen LogP) is 2.83. The van der Waals surface area contributed by atoms with Gasteiger partial charge in [0.05, 0.1) is 12.1 Å². The van der Waals surface area contributed by atoms with Gasteiger partial charge in [0.1, 0.15) is 0 Å². The van der Waals surface area contributed by atoms with Crippen LogP contribution in [0.2, 0.25) is 0 Å². The van der Waals surface area contributed by atoms with Crippen LogP contribution in [0, 0.1) is 5.92 Å². The maximum atomic E-state index is 12.0. The van der Waals surface area contributed by atoms with E-state index >= 15 is 0 Å². The van der Waals surface area contributed by atoms with Crippen molar-refractivity contribution in [2.24, 2.45) is 5.92 Å². The van der Waals surface area contributed by atoms with E-state index in [2.05, 4.69) is 8.85 Å². The van der Waals surface area contributed by atoms with Crippen molar-refractivity contribution in [1.82, 2.24) is 8.85 Å². The average molecular weight is 346 g/mol. The summed E-state index contributed by atoms with van der Waals surface area (Å²) in [6, 6.07) is 9.86. The van der Waals surface area contributed by atoms with Gasteiger partial charge in [0.15, 0.2) is 0 Å². The van der Waals surface area contributed by atoms with Crippen molar-refractivity contribution in [2.45, 2.75) is 32.9 Å². The number of hydrogen-bond donors (Lipinski definition) is 2. The summed E-state index contributed by atoms with van der Waals surface area (Å²) >= 11 is 2.03. The van der Waals surface area contributed by atoms with Crippen molar-refractivity contribution in [1.29, 1.82) is 0 Å². The summed E-state index contributed by atoms with van der Waals surface area (Å²) in [7, 11) is 0. The highest BCUT2D eigenvalue weighted by Crippen LogP contribution is 2.12. The summed E-state index contributed by atoms with van der Waals surface area (Å²) in [5.41, 5.74) is 1.12. The normalized spacial score (nSPS) is 14.4. The molecule has 0 spiro atoms. The zero-order chi connectivity index (χ0) is 12.8. The van der Waals surface area contributed by atoms with Crippen LogP contribution in [0.1, 0.15) is 32.4 Å². The maximum absolute atomic E-state index is 12.0. The first kappa shape index (κ1) is 14.4. The molecule has 1 amide bonds. The molecule has 2 atom stereocenters. The number of benzene rings is 1. The van der Waals surface area contributed by atoms with Crippen molar-refractivity contribution in [3.63, 3.8) is 0 Å². The molecular weight excluding hydrogens is 327 g/mol. The molecule has 0 radical (unpaired) electrons. The second-order valence-electron chi connectivity index (χ2n) is 4.47. The Morgan fingerprint density at radius 3 is 2.24 bits per heavy atom. The number of halogens is 1. The largest absolute Gasteiger partial charge is 0.348 e. The van der Waals surface area contributed by atoms with Gasteiger partial charge in [-0.05, 0) is 18.4 Å². The minimum atomic E-state index is -0.151. The lowest BCUT2D eigenvalue weighted by Crippen LogP contribution is -2.44. The smallest absolute Gasteiger partial charge is 0.238 e. The van der Waals surface area contributed by atoms with Gasteiger partial charge < -0.3 is 5.32 Å². The monoisotopic (exact) mass is 346 g/mol. The average Bonchev–Trinajstić information content (AvgIpc) is 2.30. The SMILES string of the molecule is CC(C)[C@@H](NI)C(=O)N[C@H](C)c1ccccc1. The third-order valence-corrected chi connectivity index (χ3v) is 3.40. The molecule has 1 aromatic rings. The fourth-order valence-electron chi connectivity index (χ4n) is 1.61. The molecule has 94 valence electrons. The molecule has 0 fully saturated rings. The lowest BCUT2D eigenvalue weighted by Gasteiger charge is -2.21. The standard InChI is InChI=1S/C13H19IN2O/c1-9(2)12(16-14)13(17)15-10(3)11-7-5-4-6-8-11/h4-10,12,16H,1-3H3,(H,15,17)/t10-,12-/m1/s1. The summed E-state index contributed by atoms with van der Waals surface area (Å²) in [5, 5.41) is 3.02. The zero-order valence-electron chi connectivity index (χ0n) is 10.4. The van der Waals surface area contributed by atoms with Gasteiger partial charge in [0.25, 0.3) is 0 Å². The molecule has 17 heavy (non-hydrogen) atoms. The topological polar surface area (TPSA) is 41.1 Å². The Kier molecular flexibility index (Phi) is 5.91. The lowest BCUT2D eigenvalue weighted by molar-refractivity contribution is -0.124. The minimum absolute atomic E-state index is 0.0368. The van der Waals surface area contributed by atoms with Gasteiger partial charge in [-0.2, -0.15) is 0 Å². The Hall–Kier alpha value is -0.620. The van der Waals surface area contributed by atoms with Gasteiger partial charge in [-0.3, -0.25) is 4.79 Å². The minimum Gasteiger partial charge on any atom is -0.348 e. The Morgan fingerprint density at radius 1 is 1.18 bits per heavy atom. The van der Waals surface area contributed by atoms with Gasteiger partial charge >= 0.3 is 0 Å². The molecule has 4 heteroatoms. The van der Waals surface area contributed by atoms with Crippen molar-refractivity contribution < 1.29 is 4.79 Å². The van der Waals surface area contributed by atoms with E-state index in [0.717, 1.165) is 5.56 Å². The van der Waals surface area contributed by atoms with Gasteiger partial charge in [0.2, 0.25) is 5.91 Å². The van der Waals surface area contributed by atoms with Crippen LogP contribution in [-0.2, 0) is 4.79 Å². The van der Waals surface area contributed by atoms with Crippen LogP contribution in [0.25, 0.3) is 0 Å². The molecule has 3 nitrogen and oxygen atoms in total. The third kappa shape index (κ3) is 4.27. The van der Waals surface area contributed by atoms with Crippen molar-refractivity contribution in [2.75, 3.05) is 0 Å². The third-order valence-electron chi connectivity index (χ3n) is 2.73. The summed E-state index contributed by atoms with van der Waals surface area (Å²) < 4.78 is 3.02. The molecule has 1 rings (SSSR count). The zero-order valence-corrected chi connectivity index (χ0v) is 12.6. The van der Waals surface area contributed by atoms with E-state index in [4.69, 9.17) is 0 Å². The molecule has 0 unspecified atom stereocenters. The molecule has 0 heterocycles. The second-order valence-corrected chi connectivity index (χ2v) is 5.09. The summed E-state index contributed by atoms with van der Waals surface area (Å²) in [6.45, 7) is 6.06. The fraction of sp³-hybridized carbons (Fsp3) is 0.462. The quantitative estimate of drug-likeness (QED) is 0.636.